The van der Waals surface area contributed by atoms with E-state index in [0.717, 1.165) is 68.5 Å². The van der Waals surface area contributed by atoms with Gasteiger partial charge in [-0.25, -0.2) is 0 Å². The Bertz CT molecular complexity index is 759. The van der Waals surface area contributed by atoms with E-state index in [1.54, 1.807) is 0 Å². The molecule has 27 heavy (non-hydrogen) atoms. The Morgan fingerprint density at radius 3 is 2.81 bits per heavy atom. The summed E-state index contributed by atoms with van der Waals surface area (Å²) in [6.45, 7) is 8.01. The van der Waals surface area contributed by atoms with Crippen molar-refractivity contribution in [2.75, 3.05) is 31.2 Å². The second kappa shape index (κ2) is 7.90. The molecular formula is C21H28N4O2. The van der Waals surface area contributed by atoms with Gasteiger partial charge in [-0.15, -0.1) is 5.10 Å². The van der Waals surface area contributed by atoms with Gasteiger partial charge in [-0.3, -0.25) is 4.98 Å². The summed E-state index contributed by atoms with van der Waals surface area (Å²) in [5.41, 5.74) is 2.99. The summed E-state index contributed by atoms with van der Waals surface area (Å²) < 4.78 is 12.0. The molecule has 4 rings (SSSR count). The maximum atomic E-state index is 6.16. The quantitative estimate of drug-likeness (QED) is 0.730. The second-order valence-electron chi connectivity index (χ2n) is 7.89. The summed E-state index contributed by atoms with van der Waals surface area (Å²) in [7, 11) is 0. The highest BCUT2D eigenvalue weighted by molar-refractivity contribution is 5.43. The van der Waals surface area contributed by atoms with Crippen molar-refractivity contribution in [2.45, 2.75) is 45.3 Å². The van der Waals surface area contributed by atoms with Gasteiger partial charge in [0, 0.05) is 18.9 Å². The van der Waals surface area contributed by atoms with Crippen molar-refractivity contribution in [3.63, 3.8) is 0 Å². The Balaban J connectivity index is 1.21. The summed E-state index contributed by atoms with van der Waals surface area (Å²) in [5.74, 6) is 1.61. The van der Waals surface area contributed by atoms with Crippen LogP contribution in [0.25, 0.3) is 0 Å². The van der Waals surface area contributed by atoms with Gasteiger partial charge < -0.3 is 14.4 Å². The van der Waals surface area contributed by atoms with Gasteiger partial charge in [-0.05, 0) is 63.3 Å². The van der Waals surface area contributed by atoms with Crippen molar-refractivity contribution >= 4 is 5.82 Å². The molecule has 0 bridgehead atoms. The zero-order valence-corrected chi connectivity index (χ0v) is 16.2. The minimum atomic E-state index is -0.00637. The van der Waals surface area contributed by atoms with Crippen LogP contribution in [0.5, 0.6) is 0 Å². The van der Waals surface area contributed by atoms with Crippen LogP contribution in [0.2, 0.25) is 0 Å². The molecule has 2 fully saturated rings. The summed E-state index contributed by atoms with van der Waals surface area (Å²) in [4.78, 5) is 6.74. The van der Waals surface area contributed by atoms with Crippen molar-refractivity contribution < 1.29 is 9.47 Å². The molecule has 0 radical (unpaired) electrons. The van der Waals surface area contributed by atoms with Crippen molar-refractivity contribution in [2.24, 2.45) is 5.92 Å². The van der Waals surface area contributed by atoms with Crippen LogP contribution < -0.4 is 4.90 Å². The van der Waals surface area contributed by atoms with Gasteiger partial charge in [0.15, 0.2) is 5.82 Å². The molecule has 0 amide bonds. The first-order valence-corrected chi connectivity index (χ1v) is 9.81. The first-order chi connectivity index (χ1) is 13.1. The Morgan fingerprint density at radius 2 is 2.04 bits per heavy atom. The van der Waals surface area contributed by atoms with Crippen molar-refractivity contribution in [1.82, 2.24) is 15.2 Å². The molecule has 2 aromatic heterocycles. The predicted molar refractivity (Wildman–Crippen MR) is 104 cm³/mol. The highest BCUT2D eigenvalue weighted by atomic mass is 16.5. The van der Waals surface area contributed by atoms with Crippen LogP contribution in [0, 0.1) is 19.8 Å². The first-order valence-electron chi connectivity index (χ1n) is 9.81. The molecule has 1 spiro atoms. The number of rotatable bonds is 6. The average molecular weight is 368 g/mol. The smallest absolute Gasteiger partial charge is 0.151 e. The van der Waals surface area contributed by atoms with E-state index >= 15 is 0 Å². The normalized spacial score (nSPS) is 21.3. The molecule has 2 aliphatic heterocycles. The van der Waals surface area contributed by atoms with Gasteiger partial charge >= 0.3 is 0 Å². The fourth-order valence-electron chi connectivity index (χ4n) is 4.07. The number of anilines is 1. The number of nitrogens with zero attached hydrogens (tertiary/aromatic N) is 4. The van der Waals surface area contributed by atoms with Crippen LogP contribution in [0.4, 0.5) is 5.82 Å². The molecule has 4 heterocycles. The molecule has 6 heteroatoms. The predicted octanol–water partition coefficient (Wildman–Crippen LogP) is 3.08. The maximum absolute atomic E-state index is 6.16. The Hall–Kier alpha value is -2.05. The Morgan fingerprint density at radius 1 is 1.15 bits per heavy atom. The van der Waals surface area contributed by atoms with E-state index in [2.05, 4.69) is 20.1 Å². The second-order valence-corrected chi connectivity index (χ2v) is 7.89. The number of hydrogen-bond acceptors (Lipinski definition) is 6. The van der Waals surface area contributed by atoms with Crippen molar-refractivity contribution in [3.8, 4) is 0 Å². The van der Waals surface area contributed by atoms with Crippen LogP contribution in [0.15, 0.2) is 30.3 Å². The molecule has 2 aliphatic rings. The lowest BCUT2D eigenvalue weighted by atomic mass is 9.79. The summed E-state index contributed by atoms with van der Waals surface area (Å²) in [6, 6.07) is 10.1. The van der Waals surface area contributed by atoms with Crippen LogP contribution in [0.3, 0.4) is 0 Å². The summed E-state index contributed by atoms with van der Waals surface area (Å²) in [5, 5.41) is 8.44. The zero-order chi connectivity index (χ0) is 18.7. The topological polar surface area (TPSA) is 60.4 Å². The van der Waals surface area contributed by atoms with Gasteiger partial charge in [0.25, 0.3) is 0 Å². The molecule has 0 aromatic carbocycles. The number of aromatic nitrogens is 3. The molecular weight excluding hydrogens is 340 g/mol. The first kappa shape index (κ1) is 18.3. The molecule has 0 saturated carbocycles. The minimum absolute atomic E-state index is 0.00637. The fourth-order valence-corrected chi connectivity index (χ4v) is 4.07. The van der Waals surface area contributed by atoms with E-state index in [4.69, 9.17) is 9.47 Å². The van der Waals surface area contributed by atoms with Crippen LogP contribution >= 0.6 is 0 Å². The lowest BCUT2D eigenvalue weighted by Gasteiger charge is -2.53. The van der Waals surface area contributed by atoms with E-state index in [0.29, 0.717) is 12.5 Å². The average Bonchev–Trinajstić information content (AvgIpc) is 2.64. The number of pyridine rings is 1. The highest BCUT2D eigenvalue weighted by Gasteiger charge is 2.47. The standard InChI is InChI=1S/C21H28N4O2/c1-16-4-3-5-19(22-16)13-26-10-8-18-9-11-27-21(12-18)14-25(15-21)20-7-6-17(2)23-24-20/h3-7,18H,8-15H2,1-2H3/t18-/m1/s1. The monoisotopic (exact) mass is 368 g/mol. The van der Waals surface area contributed by atoms with E-state index < -0.39 is 0 Å². The fraction of sp³-hybridized carbons (Fsp3) is 0.571. The third kappa shape index (κ3) is 4.45. The minimum Gasteiger partial charge on any atom is -0.375 e. The Kier molecular flexibility index (Phi) is 5.36. The lowest BCUT2D eigenvalue weighted by molar-refractivity contribution is -0.116. The largest absolute Gasteiger partial charge is 0.375 e. The number of ether oxygens (including phenoxy) is 2. The van der Waals surface area contributed by atoms with Gasteiger partial charge in [-0.1, -0.05) is 6.07 Å². The number of aryl methyl sites for hydroxylation is 2. The molecule has 2 saturated heterocycles. The highest BCUT2D eigenvalue weighted by Crippen LogP contribution is 2.39. The van der Waals surface area contributed by atoms with Crippen LogP contribution in [0.1, 0.15) is 36.3 Å². The van der Waals surface area contributed by atoms with Crippen molar-refractivity contribution in [3.05, 3.63) is 47.4 Å². The van der Waals surface area contributed by atoms with Gasteiger partial charge in [0.2, 0.25) is 0 Å². The maximum Gasteiger partial charge on any atom is 0.151 e. The van der Waals surface area contributed by atoms with Crippen LogP contribution in [-0.4, -0.2) is 47.1 Å². The number of hydrogen-bond donors (Lipinski definition) is 0. The summed E-state index contributed by atoms with van der Waals surface area (Å²) >= 11 is 0. The van der Waals surface area contributed by atoms with E-state index in [-0.39, 0.29) is 5.60 Å². The van der Waals surface area contributed by atoms with Gasteiger partial charge in [-0.2, -0.15) is 5.10 Å². The molecule has 2 aromatic rings. The van der Waals surface area contributed by atoms with Crippen LogP contribution in [-0.2, 0) is 16.1 Å². The summed E-state index contributed by atoms with van der Waals surface area (Å²) in [6.07, 6.45) is 3.31. The Labute approximate surface area is 160 Å². The zero-order valence-electron chi connectivity index (χ0n) is 16.2. The third-order valence-electron chi connectivity index (χ3n) is 5.53. The van der Waals surface area contributed by atoms with E-state index in [9.17, 15) is 0 Å². The molecule has 6 nitrogen and oxygen atoms in total. The molecule has 1 atom stereocenters. The van der Waals surface area contributed by atoms with Gasteiger partial charge in [0.05, 0.1) is 31.1 Å². The molecule has 144 valence electrons. The molecule has 0 N–H and O–H groups in total. The van der Waals surface area contributed by atoms with Crippen molar-refractivity contribution in [1.29, 1.82) is 0 Å². The van der Waals surface area contributed by atoms with Gasteiger partial charge in [0.1, 0.15) is 5.60 Å². The lowest BCUT2D eigenvalue weighted by Crippen LogP contribution is -2.65. The molecule has 0 unspecified atom stereocenters. The van der Waals surface area contributed by atoms with E-state index in [1.807, 2.05) is 44.2 Å². The SMILES string of the molecule is Cc1ccc(N2CC3(C[C@H](CCOCc4cccc(C)n4)CCO3)C2)nn1. The third-order valence-corrected chi connectivity index (χ3v) is 5.53. The van der Waals surface area contributed by atoms with E-state index in [1.165, 1.54) is 0 Å². The molecule has 0 aliphatic carbocycles.